The van der Waals surface area contributed by atoms with Gasteiger partial charge in [0.1, 0.15) is 6.54 Å². The lowest BCUT2D eigenvalue weighted by Gasteiger charge is -2.08. The SMILES string of the molecule is CC(C)CNC(=O)Cn1c(=O)[nH]c2c(C(=O)O)cccc21. The van der Waals surface area contributed by atoms with Gasteiger partial charge in [-0.1, -0.05) is 19.9 Å². The Balaban J connectivity index is 2.35. The third-order valence-electron chi connectivity index (χ3n) is 3.05. The monoisotopic (exact) mass is 291 g/mol. The number of nitrogens with one attached hydrogen (secondary N) is 2. The Hall–Kier alpha value is -2.57. The molecule has 0 radical (unpaired) electrons. The Morgan fingerprint density at radius 2 is 2.10 bits per heavy atom. The van der Waals surface area contributed by atoms with Crippen molar-refractivity contribution in [2.45, 2.75) is 20.4 Å². The summed E-state index contributed by atoms with van der Waals surface area (Å²) in [6, 6.07) is 4.56. The van der Waals surface area contributed by atoms with Crippen LogP contribution in [0.3, 0.4) is 0 Å². The minimum atomic E-state index is -1.13. The molecule has 0 fully saturated rings. The van der Waals surface area contributed by atoms with E-state index < -0.39 is 11.7 Å². The van der Waals surface area contributed by atoms with Crippen LogP contribution in [0.5, 0.6) is 0 Å². The van der Waals surface area contributed by atoms with E-state index in [1.807, 2.05) is 13.8 Å². The van der Waals surface area contributed by atoms with Gasteiger partial charge in [0.15, 0.2) is 0 Å². The van der Waals surface area contributed by atoms with E-state index in [0.29, 0.717) is 18.0 Å². The number of aromatic nitrogens is 2. The molecule has 3 N–H and O–H groups in total. The van der Waals surface area contributed by atoms with Gasteiger partial charge in [-0.2, -0.15) is 0 Å². The maximum Gasteiger partial charge on any atom is 0.337 e. The van der Waals surface area contributed by atoms with Crippen LogP contribution >= 0.6 is 0 Å². The topological polar surface area (TPSA) is 104 Å². The normalized spacial score (nSPS) is 11.0. The Kier molecular flexibility index (Phi) is 4.11. The average molecular weight is 291 g/mol. The van der Waals surface area contributed by atoms with Gasteiger partial charge >= 0.3 is 11.7 Å². The van der Waals surface area contributed by atoms with Crippen LogP contribution in [0.25, 0.3) is 11.0 Å². The van der Waals surface area contributed by atoms with Gasteiger partial charge in [0.25, 0.3) is 0 Å². The summed E-state index contributed by atoms with van der Waals surface area (Å²) < 4.78 is 1.23. The van der Waals surface area contributed by atoms with Crippen LogP contribution in [-0.2, 0) is 11.3 Å². The number of imidazole rings is 1. The van der Waals surface area contributed by atoms with E-state index in [2.05, 4.69) is 10.3 Å². The molecule has 1 heterocycles. The largest absolute Gasteiger partial charge is 0.478 e. The van der Waals surface area contributed by atoms with Gasteiger partial charge in [-0.25, -0.2) is 9.59 Å². The second-order valence-electron chi connectivity index (χ2n) is 5.22. The first kappa shape index (κ1) is 14.8. The third kappa shape index (κ3) is 3.13. The van der Waals surface area contributed by atoms with E-state index >= 15 is 0 Å². The molecule has 0 aliphatic carbocycles. The lowest BCUT2D eigenvalue weighted by atomic mass is 10.2. The first-order valence-corrected chi connectivity index (χ1v) is 6.61. The van der Waals surface area contributed by atoms with Crippen LogP contribution < -0.4 is 11.0 Å². The van der Waals surface area contributed by atoms with Crippen LogP contribution in [0.1, 0.15) is 24.2 Å². The van der Waals surface area contributed by atoms with Gasteiger partial charge in [0.05, 0.1) is 16.6 Å². The van der Waals surface area contributed by atoms with E-state index in [1.54, 1.807) is 12.1 Å². The lowest BCUT2D eigenvalue weighted by Crippen LogP contribution is -2.33. The second kappa shape index (κ2) is 5.82. The molecule has 2 rings (SSSR count). The highest BCUT2D eigenvalue weighted by Crippen LogP contribution is 2.15. The standard InChI is InChI=1S/C14H17N3O4/c1-8(2)6-15-11(18)7-17-10-5-3-4-9(13(19)20)12(10)16-14(17)21/h3-5,8H,6-7H2,1-2H3,(H,15,18)(H,16,21)(H,19,20). The average Bonchev–Trinajstić information content (AvgIpc) is 2.72. The zero-order valence-corrected chi connectivity index (χ0v) is 11.8. The minimum Gasteiger partial charge on any atom is -0.478 e. The van der Waals surface area contributed by atoms with Crippen molar-refractivity contribution in [3.8, 4) is 0 Å². The summed E-state index contributed by atoms with van der Waals surface area (Å²) in [5.41, 5.74) is 0.135. The fourth-order valence-corrected chi connectivity index (χ4v) is 2.03. The van der Waals surface area contributed by atoms with E-state index in [4.69, 9.17) is 5.11 Å². The van der Waals surface area contributed by atoms with Gasteiger partial charge in [-0.3, -0.25) is 9.36 Å². The smallest absolute Gasteiger partial charge is 0.337 e. The summed E-state index contributed by atoms with van der Waals surface area (Å²) in [6.45, 7) is 4.32. The number of hydrogen-bond acceptors (Lipinski definition) is 3. The molecule has 0 aliphatic rings. The number of carboxylic acid groups (broad SMARTS) is 1. The number of aromatic amines is 1. The molecule has 7 heteroatoms. The number of carbonyl (C=O) groups is 2. The van der Waals surface area contributed by atoms with E-state index in [-0.39, 0.29) is 23.5 Å². The number of H-pyrrole nitrogens is 1. The van der Waals surface area contributed by atoms with Crippen LogP contribution in [0.15, 0.2) is 23.0 Å². The number of amides is 1. The second-order valence-corrected chi connectivity index (χ2v) is 5.22. The number of hydrogen-bond donors (Lipinski definition) is 3. The lowest BCUT2D eigenvalue weighted by molar-refractivity contribution is -0.121. The number of fused-ring (bicyclic) bond motifs is 1. The predicted molar refractivity (Wildman–Crippen MR) is 77.4 cm³/mol. The quantitative estimate of drug-likeness (QED) is 0.757. The van der Waals surface area contributed by atoms with Crippen molar-refractivity contribution in [3.63, 3.8) is 0 Å². The van der Waals surface area contributed by atoms with E-state index in [1.165, 1.54) is 10.6 Å². The highest BCUT2D eigenvalue weighted by atomic mass is 16.4. The minimum absolute atomic E-state index is 0.00550. The Labute approximate surface area is 120 Å². The van der Waals surface area contributed by atoms with Crippen LogP contribution in [0.2, 0.25) is 0 Å². The van der Waals surface area contributed by atoms with Crippen LogP contribution in [-0.4, -0.2) is 33.1 Å². The molecule has 0 aliphatic heterocycles. The zero-order valence-electron chi connectivity index (χ0n) is 11.8. The van der Waals surface area contributed by atoms with Crippen molar-refractivity contribution in [3.05, 3.63) is 34.2 Å². The molecule has 1 amide bonds. The van der Waals surface area contributed by atoms with Gasteiger partial charge in [-0.15, -0.1) is 0 Å². The number of carboxylic acids is 1. The number of rotatable bonds is 5. The number of para-hydroxylation sites is 1. The van der Waals surface area contributed by atoms with Crippen LogP contribution in [0.4, 0.5) is 0 Å². The van der Waals surface area contributed by atoms with E-state index in [0.717, 1.165) is 0 Å². The molecule has 0 bridgehead atoms. The van der Waals surface area contributed by atoms with Crippen molar-refractivity contribution < 1.29 is 14.7 Å². The fourth-order valence-electron chi connectivity index (χ4n) is 2.03. The molecule has 0 atom stereocenters. The van der Waals surface area contributed by atoms with Gasteiger partial charge in [0.2, 0.25) is 5.91 Å². The molecule has 0 saturated carbocycles. The van der Waals surface area contributed by atoms with Crippen molar-refractivity contribution in [1.29, 1.82) is 0 Å². The summed E-state index contributed by atoms with van der Waals surface area (Å²) in [7, 11) is 0. The zero-order chi connectivity index (χ0) is 15.6. The summed E-state index contributed by atoms with van der Waals surface area (Å²) in [6.07, 6.45) is 0. The molecule has 112 valence electrons. The number of nitrogens with zero attached hydrogens (tertiary/aromatic N) is 1. The van der Waals surface area contributed by atoms with Crippen molar-refractivity contribution in [1.82, 2.24) is 14.9 Å². The fraction of sp³-hybridized carbons (Fsp3) is 0.357. The molecule has 0 unspecified atom stereocenters. The molecule has 21 heavy (non-hydrogen) atoms. The highest BCUT2D eigenvalue weighted by Gasteiger charge is 2.15. The van der Waals surface area contributed by atoms with Gasteiger partial charge in [-0.05, 0) is 18.1 Å². The number of benzene rings is 1. The van der Waals surface area contributed by atoms with Gasteiger partial charge < -0.3 is 15.4 Å². The summed E-state index contributed by atoms with van der Waals surface area (Å²) >= 11 is 0. The van der Waals surface area contributed by atoms with Crippen molar-refractivity contribution in [2.24, 2.45) is 5.92 Å². The molecule has 1 aromatic carbocycles. The van der Waals surface area contributed by atoms with E-state index in [9.17, 15) is 14.4 Å². The predicted octanol–water partition coefficient (Wildman–Crippen LogP) is 0.800. The summed E-state index contributed by atoms with van der Waals surface area (Å²) in [4.78, 5) is 37.4. The number of carbonyl (C=O) groups excluding carboxylic acids is 1. The molecular formula is C14H17N3O4. The molecular weight excluding hydrogens is 274 g/mol. The van der Waals surface area contributed by atoms with Crippen molar-refractivity contribution >= 4 is 22.9 Å². The Morgan fingerprint density at radius 1 is 1.38 bits per heavy atom. The first-order valence-electron chi connectivity index (χ1n) is 6.61. The Morgan fingerprint density at radius 3 is 2.71 bits per heavy atom. The third-order valence-corrected chi connectivity index (χ3v) is 3.05. The van der Waals surface area contributed by atoms with Gasteiger partial charge in [0, 0.05) is 6.54 Å². The summed E-state index contributed by atoms with van der Waals surface area (Å²) in [5, 5.41) is 11.8. The molecule has 7 nitrogen and oxygen atoms in total. The molecule has 0 spiro atoms. The molecule has 1 aromatic heterocycles. The summed E-state index contributed by atoms with van der Waals surface area (Å²) in [5.74, 6) is -1.10. The molecule has 2 aromatic rings. The maximum absolute atomic E-state index is 11.9. The number of aromatic carboxylic acids is 1. The molecule has 0 saturated heterocycles. The highest BCUT2D eigenvalue weighted by molar-refractivity contribution is 6.01. The maximum atomic E-state index is 11.9. The van der Waals surface area contributed by atoms with Crippen molar-refractivity contribution in [2.75, 3.05) is 6.54 Å². The first-order chi connectivity index (χ1) is 9.90. The van der Waals surface area contributed by atoms with Crippen LogP contribution in [0, 0.1) is 5.92 Å². The Bertz CT molecular complexity index is 742.